The van der Waals surface area contributed by atoms with Crippen LogP contribution < -0.4 is 14.2 Å². The molecule has 1 N–H and O–H groups in total. The first-order valence-electron chi connectivity index (χ1n) is 17.9. The highest BCUT2D eigenvalue weighted by Gasteiger charge is 2.61. The number of ether oxygens (including phenoxy) is 3. The van der Waals surface area contributed by atoms with Crippen LogP contribution in [0.4, 0.5) is 0 Å². The van der Waals surface area contributed by atoms with E-state index in [0.29, 0.717) is 29.6 Å². The zero-order chi connectivity index (χ0) is 38.9. The normalized spacial score (nSPS) is 23.5. The van der Waals surface area contributed by atoms with Crippen molar-refractivity contribution in [2.75, 3.05) is 13.7 Å². The van der Waals surface area contributed by atoms with Crippen molar-refractivity contribution in [3.05, 3.63) is 54.8 Å². The van der Waals surface area contributed by atoms with Gasteiger partial charge in [-0.15, -0.1) is 6.58 Å². The molecule has 2 amide bonds. The fourth-order valence-electron chi connectivity index (χ4n) is 6.86. The maximum atomic E-state index is 14.5. The number of nitrogens with zero attached hydrogens (tertiary/aromatic N) is 2. The number of aromatic nitrogens is 1. The van der Waals surface area contributed by atoms with Crippen LogP contribution >= 0.6 is 0 Å². The van der Waals surface area contributed by atoms with E-state index >= 15 is 0 Å². The van der Waals surface area contributed by atoms with E-state index in [-0.39, 0.29) is 43.9 Å². The first kappa shape index (κ1) is 39.6. The van der Waals surface area contributed by atoms with Gasteiger partial charge in [-0.1, -0.05) is 12.2 Å². The van der Waals surface area contributed by atoms with Gasteiger partial charge in [0.05, 0.1) is 42.7 Å². The molecule has 2 aromatic rings. The third-order valence-electron chi connectivity index (χ3n) is 10.2. The number of esters is 1. The van der Waals surface area contributed by atoms with Crippen LogP contribution in [0.25, 0.3) is 10.8 Å². The van der Waals surface area contributed by atoms with E-state index in [0.717, 1.165) is 5.39 Å². The SMILES string of the molecule is C=C[C@@H]1C[C@]1(CC(=O)[C@@H]1C[C@@H](Oc2nccc3cc(OC)ccc23)CN1C(=O)[C@@H](CC(=O)OC(C)(C)C)CC(=O)/C(C)=C/C)C(=O)NS(=O)(=O)C1CC1. The van der Waals surface area contributed by atoms with Crippen molar-refractivity contribution < 1.29 is 46.6 Å². The summed E-state index contributed by atoms with van der Waals surface area (Å²) >= 11 is 0. The minimum atomic E-state index is -3.89. The lowest BCUT2D eigenvalue weighted by Crippen LogP contribution is -2.47. The number of hydrogen-bond donors (Lipinski definition) is 1. The molecule has 0 radical (unpaired) electrons. The van der Waals surface area contributed by atoms with Crippen molar-refractivity contribution in [2.45, 2.75) is 103 Å². The van der Waals surface area contributed by atoms with Gasteiger partial charge in [0.15, 0.2) is 11.6 Å². The third kappa shape index (κ3) is 9.14. The van der Waals surface area contributed by atoms with Crippen molar-refractivity contribution in [1.29, 1.82) is 0 Å². The average Bonchev–Trinajstić information content (AvgIpc) is 4.03. The Balaban J connectivity index is 1.46. The predicted molar refractivity (Wildman–Crippen MR) is 196 cm³/mol. The molecule has 2 saturated carbocycles. The van der Waals surface area contributed by atoms with Crippen LogP contribution in [0.1, 0.15) is 79.6 Å². The van der Waals surface area contributed by atoms with Gasteiger partial charge in [-0.2, -0.15) is 0 Å². The van der Waals surface area contributed by atoms with Crippen LogP contribution in [0, 0.1) is 17.3 Å². The van der Waals surface area contributed by atoms with Gasteiger partial charge in [0.1, 0.15) is 17.5 Å². The molecule has 1 aliphatic heterocycles. The molecular formula is C39H49N3O10S. The number of amides is 2. The molecule has 0 bridgehead atoms. The Hall–Kier alpha value is -4.59. The van der Waals surface area contributed by atoms with Crippen LogP contribution in [-0.2, 0) is 38.7 Å². The van der Waals surface area contributed by atoms with Crippen LogP contribution in [0.15, 0.2) is 54.8 Å². The number of methoxy groups -OCH3 is 1. The molecule has 3 fully saturated rings. The molecule has 5 atom stereocenters. The molecule has 14 heteroatoms. The number of ketones is 2. The van der Waals surface area contributed by atoms with E-state index in [1.165, 1.54) is 11.0 Å². The number of Topliss-reactive ketones (excluding diaryl/α,β-unsaturated/α-hetero) is 2. The summed E-state index contributed by atoms with van der Waals surface area (Å²) in [5, 5.41) is 0.831. The zero-order valence-electron chi connectivity index (χ0n) is 31.2. The highest BCUT2D eigenvalue weighted by Crippen LogP contribution is 2.57. The number of allylic oxidation sites excluding steroid dienone is 3. The number of likely N-dealkylation sites (tertiary alicyclic amines) is 1. The topological polar surface area (TPSA) is 175 Å². The number of sulfonamides is 1. The Morgan fingerprint density at radius 3 is 2.45 bits per heavy atom. The molecule has 0 unspecified atom stereocenters. The second kappa shape index (κ2) is 15.4. The highest BCUT2D eigenvalue weighted by molar-refractivity contribution is 7.90. The Labute approximate surface area is 310 Å². The lowest BCUT2D eigenvalue weighted by atomic mass is 9.90. The minimum Gasteiger partial charge on any atom is -0.497 e. The molecule has 13 nitrogen and oxygen atoms in total. The van der Waals surface area contributed by atoms with E-state index in [1.807, 2.05) is 6.07 Å². The molecule has 5 rings (SSSR count). The monoisotopic (exact) mass is 751 g/mol. The summed E-state index contributed by atoms with van der Waals surface area (Å²) in [5.41, 5.74) is -1.78. The fourth-order valence-corrected chi connectivity index (χ4v) is 8.24. The number of hydrogen-bond acceptors (Lipinski definition) is 11. The largest absolute Gasteiger partial charge is 0.497 e. The molecule has 2 aliphatic carbocycles. The second-order valence-electron chi connectivity index (χ2n) is 15.3. The number of benzene rings is 1. The van der Waals surface area contributed by atoms with Gasteiger partial charge in [-0.05, 0) is 95.0 Å². The van der Waals surface area contributed by atoms with Crippen LogP contribution in [0.5, 0.6) is 11.6 Å². The molecule has 2 heterocycles. The summed E-state index contributed by atoms with van der Waals surface area (Å²) in [6.45, 7) is 12.1. The lowest BCUT2D eigenvalue weighted by molar-refractivity contribution is -0.159. The van der Waals surface area contributed by atoms with Crippen molar-refractivity contribution >= 4 is 50.1 Å². The summed E-state index contributed by atoms with van der Waals surface area (Å²) in [5.74, 6) is -3.56. The Morgan fingerprint density at radius 1 is 1.13 bits per heavy atom. The maximum Gasteiger partial charge on any atom is 0.307 e. The number of carbonyl (C=O) groups excluding carboxylic acids is 5. The van der Waals surface area contributed by atoms with E-state index in [9.17, 15) is 32.4 Å². The summed E-state index contributed by atoms with van der Waals surface area (Å²) in [6.07, 6.45) is 4.10. The number of pyridine rings is 1. The second-order valence-corrected chi connectivity index (χ2v) is 17.3. The van der Waals surface area contributed by atoms with Crippen molar-refractivity contribution in [2.24, 2.45) is 17.3 Å². The van der Waals surface area contributed by atoms with E-state index in [1.54, 1.807) is 72.2 Å². The number of nitrogens with one attached hydrogen (secondary N) is 1. The Kier molecular flexibility index (Phi) is 11.5. The summed E-state index contributed by atoms with van der Waals surface area (Å²) in [7, 11) is -2.33. The first-order chi connectivity index (χ1) is 24.9. The number of rotatable bonds is 16. The fraction of sp³-hybridized carbons (Fsp3) is 0.538. The number of carbonyl (C=O) groups is 5. The van der Waals surface area contributed by atoms with Gasteiger partial charge in [0.2, 0.25) is 27.7 Å². The third-order valence-corrected chi connectivity index (χ3v) is 12.0. The molecular weight excluding hydrogens is 703 g/mol. The average molecular weight is 752 g/mol. The van der Waals surface area contributed by atoms with Gasteiger partial charge in [-0.25, -0.2) is 13.4 Å². The highest BCUT2D eigenvalue weighted by atomic mass is 32.2. The molecule has 1 aromatic carbocycles. The van der Waals surface area contributed by atoms with Gasteiger partial charge < -0.3 is 19.1 Å². The lowest BCUT2D eigenvalue weighted by Gasteiger charge is -2.29. The van der Waals surface area contributed by atoms with Crippen LogP contribution in [-0.4, -0.2) is 84.3 Å². The van der Waals surface area contributed by atoms with Crippen molar-refractivity contribution in [1.82, 2.24) is 14.6 Å². The summed E-state index contributed by atoms with van der Waals surface area (Å²) in [4.78, 5) is 74.4. The predicted octanol–water partition coefficient (Wildman–Crippen LogP) is 4.63. The zero-order valence-corrected chi connectivity index (χ0v) is 32.0. The molecule has 53 heavy (non-hydrogen) atoms. The van der Waals surface area contributed by atoms with E-state index in [4.69, 9.17) is 14.2 Å². The van der Waals surface area contributed by atoms with Crippen molar-refractivity contribution in [3.63, 3.8) is 0 Å². The van der Waals surface area contributed by atoms with Crippen LogP contribution in [0.3, 0.4) is 0 Å². The number of fused-ring (bicyclic) bond motifs is 1. The minimum absolute atomic E-state index is 0.0244. The quantitative estimate of drug-likeness (QED) is 0.144. The van der Waals surface area contributed by atoms with E-state index in [2.05, 4.69) is 16.3 Å². The van der Waals surface area contributed by atoms with Gasteiger partial charge in [0, 0.05) is 30.8 Å². The Morgan fingerprint density at radius 2 is 1.85 bits per heavy atom. The van der Waals surface area contributed by atoms with E-state index < -0.39 is 80.3 Å². The van der Waals surface area contributed by atoms with Gasteiger partial charge >= 0.3 is 5.97 Å². The molecule has 1 saturated heterocycles. The van der Waals surface area contributed by atoms with Gasteiger partial charge in [-0.3, -0.25) is 28.7 Å². The van der Waals surface area contributed by atoms with Crippen LogP contribution in [0.2, 0.25) is 0 Å². The molecule has 1 aromatic heterocycles. The smallest absolute Gasteiger partial charge is 0.307 e. The molecule has 3 aliphatic rings. The first-order valence-corrected chi connectivity index (χ1v) is 19.4. The summed E-state index contributed by atoms with van der Waals surface area (Å²) < 4.78 is 44.9. The summed E-state index contributed by atoms with van der Waals surface area (Å²) in [6, 6.07) is 6.07. The molecule has 0 spiro atoms. The Bertz CT molecular complexity index is 1950. The maximum absolute atomic E-state index is 14.5. The van der Waals surface area contributed by atoms with Gasteiger partial charge in [0.25, 0.3) is 0 Å². The standard InChI is InChI=1S/C39H49N3O10S/c1-8-23(3)32(43)17-25(18-34(45)52-38(4,5)6)36(46)42-22-28(51-35-30-13-10-27(50-7)16-24(30)14-15-40-35)19-31(42)33(44)21-39(20-26(39)9-2)37(47)41-53(48,49)29-11-12-29/h8-10,13-16,25-26,28-29,31H,2,11-12,17-22H2,1,3-7H3,(H,41,47)/b23-8+/t25-,26-,28-,31+,39-/m1/s1. The van der Waals surface area contributed by atoms with Crippen molar-refractivity contribution in [3.8, 4) is 11.6 Å². The molecule has 286 valence electrons.